The molecule has 97 valence electrons. The summed E-state index contributed by atoms with van der Waals surface area (Å²) in [6.07, 6.45) is 0. The summed E-state index contributed by atoms with van der Waals surface area (Å²) in [4.78, 5) is 11.7. The molecule has 0 aliphatic heterocycles. The molecule has 1 N–H and O–H groups in total. The maximum absolute atomic E-state index is 13.3. The number of carbonyl (C=O) groups is 1. The van der Waals surface area contributed by atoms with E-state index in [1.165, 1.54) is 18.2 Å². The Labute approximate surface area is 107 Å². The van der Waals surface area contributed by atoms with Crippen LogP contribution in [-0.2, 0) is 6.54 Å². The van der Waals surface area contributed by atoms with Gasteiger partial charge in [-0.2, -0.15) is 0 Å². The average Bonchev–Trinajstić information content (AvgIpc) is 2.40. The maximum Gasteiger partial charge on any atom is 0.254 e. The summed E-state index contributed by atoms with van der Waals surface area (Å²) < 4.78 is 39.5. The van der Waals surface area contributed by atoms with Crippen LogP contribution in [0.3, 0.4) is 0 Å². The summed E-state index contributed by atoms with van der Waals surface area (Å²) >= 11 is 0. The summed E-state index contributed by atoms with van der Waals surface area (Å²) in [7, 11) is 0. The fourth-order valence-electron chi connectivity index (χ4n) is 1.52. The van der Waals surface area contributed by atoms with Crippen molar-refractivity contribution in [2.24, 2.45) is 0 Å². The number of rotatable bonds is 3. The molecule has 0 saturated carbocycles. The molecule has 0 aliphatic rings. The largest absolute Gasteiger partial charge is 0.348 e. The van der Waals surface area contributed by atoms with E-state index < -0.39 is 28.9 Å². The van der Waals surface area contributed by atoms with Crippen molar-refractivity contribution in [3.8, 4) is 0 Å². The first-order valence-electron chi connectivity index (χ1n) is 5.45. The van der Waals surface area contributed by atoms with Gasteiger partial charge in [0.25, 0.3) is 5.91 Å². The zero-order chi connectivity index (χ0) is 13.8. The van der Waals surface area contributed by atoms with Gasteiger partial charge in [0, 0.05) is 12.1 Å². The van der Waals surface area contributed by atoms with Crippen LogP contribution in [0.2, 0.25) is 0 Å². The standard InChI is InChI=1S/C14H9F3NO/c15-10-5-6-13(17)11(7-10)14(19)18-8-9-3-1-2-4-12(9)16/h2-7H,8H2,(H,18,19). The van der Waals surface area contributed by atoms with Gasteiger partial charge in [0.05, 0.1) is 5.56 Å². The van der Waals surface area contributed by atoms with Crippen LogP contribution < -0.4 is 5.32 Å². The van der Waals surface area contributed by atoms with Crippen LogP contribution in [0.1, 0.15) is 15.9 Å². The molecule has 2 rings (SSSR count). The fourth-order valence-corrected chi connectivity index (χ4v) is 1.52. The molecule has 0 saturated heterocycles. The molecule has 0 aliphatic carbocycles. The van der Waals surface area contributed by atoms with Crippen LogP contribution in [0, 0.1) is 23.5 Å². The van der Waals surface area contributed by atoms with Gasteiger partial charge in [0.2, 0.25) is 0 Å². The van der Waals surface area contributed by atoms with Crippen LogP contribution >= 0.6 is 0 Å². The highest BCUT2D eigenvalue weighted by atomic mass is 19.1. The van der Waals surface area contributed by atoms with E-state index in [9.17, 15) is 18.0 Å². The number of carbonyl (C=O) groups excluding carboxylic acids is 1. The second-order valence-electron chi connectivity index (χ2n) is 3.82. The van der Waals surface area contributed by atoms with E-state index in [2.05, 4.69) is 11.4 Å². The van der Waals surface area contributed by atoms with Gasteiger partial charge in [-0.15, -0.1) is 0 Å². The third-order valence-corrected chi connectivity index (χ3v) is 2.50. The van der Waals surface area contributed by atoms with Gasteiger partial charge >= 0.3 is 0 Å². The molecule has 0 aromatic heterocycles. The molecule has 2 aromatic carbocycles. The third-order valence-electron chi connectivity index (χ3n) is 2.50. The van der Waals surface area contributed by atoms with Crippen LogP contribution in [0.25, 0.3) is 0 Å². The number of halogens is 3. The van der Waals surface area contributed by atoms with E-state index in [1.54, 1.807) is 0 Å². The maximum atomic E-state index is 13.3. The van der Waals surface area contributed by atoms with Gasteiger partial charge in [0.15, 0.2) is 0 Å². The lowest BCUT2D eigenvalue weighted by atomic mass is 10.1. The Balaban J connectivity index is 2.10. The van der Waals surface area contributed by atoms with Crippen molar-refractivity contribution in [2.75, 3.05) is 0 Å². The first-order valence-corrected chi connectivity index (χ1v) is 5.45. The molecule has 0 spiro atoms. The number of amides is 1. The van der Waals surface area contributed by atoms with Crippen molar-refractivity contribution in [3.05, 3.63) is 71.0 Å². The Morgan fingerprint density at radius 3 is 2.68 bits per heavy atom. The molecule has 2 aromatic rings. The molecule has 5 heteroatoms. The Hall–Kier alpha value is -2.30. The molecular weight excluding hydrogens is 255 g/mol. The highest BCUT2D eigenvalue weighted by molar-refractivity contribution is 5.94. The van der Waals surface area contributed by atoms with E-state index in [0.717, 1.165) is 18.2 Å². The Morgan fingerprint density at radius 1 is 1.16 bits per heavy atom. The Bertz CT molecular complexity index is 613. The minimum atomic E-state index is -0.834. The highest BCUT2D eigenvalue weighted by Crippen LogP contribution is 2.10. The normalized spacial score (nSPS) is 10.3. The second-order valence-corrected chi connectivity index (χ2v) is 3.82. The molecule has 0 fully saturated rings. The number of hydrogen-bond acceptors (Lipinski definition) is 1. The lowest BCUT2D eigenvalue weighted by Crippen LogP contribution is -2.24. The molecule has 19 heavy (non-hydrogen) atoms. The molecule has 0 unspecified atom stereocenters. The summed E-state index contributed by atoms with van der Waals surface area (Å²) in [6.45, 7) is -0.127. The molecule has 0 heterocycles. The average molecular weight is 264 g/mol. The molecule has 0 bridgehead atoms. The van der Waals surface area contributed by atoms with Crippen LogP contribution in [-0.4, -0.2) is 5.91 Å². The fraction of sp³-hybridized carbons (Fsp3) is 0.0714. The van der Waals surface area contributed by atoms with Crippen molar-refractivity contribution in [2.45, 2.75) is 6.54 Å². The van der Waals surface area contributed by atoms with Crippen molar-refractivity contribution >= 4 is 5.91 Å². The van der Waals surface area contributed by atoms with E-state index >= 15 is 0 Å². The van der Waals surface area contributed by atoms with Gasteiger partial charge in [-0.1, -0.05) is 6.07 Å². The van der Waals surface area contributed by atoms with Crippen molar-refractivity contribution < 1.29 is 18.0 Å². The van der Waals surface area contributed by atoms with Gasteiger partial charge in [-0.25, -0.2) is 13.2 Å². The number of benzene rings is 2. The second kappa shape index (κ2) is 5.56. The van der Waals surface area contributed by atoms with Crippen LogP contribution in [0.15, 0.2) is 36.4 Å². The van der Waals surface area contributed by atoms with E-state index in [-0.39, 0.29) is 12.1 Å². The Kier molecular flexibility index (Phi) is 3.85. The zero-order valence-corrected chi connectivity index (χ0v) is 9.71. The lowest BCUT2D eigenvalue weighted by Gasteiger charge is -2.07. The minimum Gasteiger partial charge on any atom is -0.348 e. The van der Waals surface area contributed by atoms with E-state index in [0.29, 0.717) is 0 Å². The van der Waals surface area contributed by atoms with Crippen molar-refractivity contribution in [1.29, 1.82) is 0 Å². The molecule has 2 nitrogen and oxygen atoms in total. The SMILES string of the molecule is O=C(NCc1c[c]ccc1F)c1cc(F)ccc1F. The van der Waals surface area contributed by atoms with Gasteiger partial charge < -0.3 is 5.32 Å². The number of hydrogen-bond donors (Lipinski definition) is 1. The van der Waals surface area contributed by atoms with E-state index in [1.807, 2.05) is 0 Å². The predicted octanol–water partition coefficient (Wildman–Crippen LogP) is 2.83. The summed E-state index contributed by atoms with van der Waals surface area (Å²) in [6, 6.07) is 9.19. The number of nitrogens with one attached hydrogen (secondary N) is 1. The highest BCUT2D eigenvalue weighted by Gasteiger charge is 2.13. The van der Waals surface area contributed by atoms with Crippen molar-refractivity contribution in [1.82, 2.24) is 5.32 Å². The van der Waals surface area contributed by atoms with Gasteiger partial charge in [-0.3, -0.25) is 4.79 Å². The topological polar surface area (TPSA) is 29.1 Å². The third kappa shape index (κ3) is 3.13. The lowest BCUT2D eigenvalue weighted by molar-refractivity contribution is 0.0946. The molecule has 0 atom stereocenters. The van der Waals surface area contributed by atoms with E-state index in [4.69, 9.17) is 0 Å². The predicted molar refractivity (Wildman–Crippen MR) is 62.8 cm³/mol. The van der Waals surface area contributed by atoms with Crippen LogP contribution in [0.4, 0.5) is 13.2 Å². The van der Waals surface area contributed by atoms with Gasteiger partial charge in [-0.05, 0) is 36.4 Å². The smallest absolute Gasteiger partial charge is 0.254 e. The minimum absolute atomic E-state index is 0.127. The van der Waals surface area contributed by atoms with Crippen molar-refractivity contribution in [3.63, 3.8) is 0 Å². The summed E-state index contributed by atoms with van der Waals surface area (Å²) in [5, 5.41) is 2.32. The Morgan fingerprint density at radius 2 is 1.95 bits per heavy atom. The molecule has 1 amide bonds. The van der Waals surface area contributed by atoms with Crippen LogP contribution in [0.5, 0.6) is 0 Å². The quantitative estimate of drug-likeness (QED) is 0.907. The van der Waals surface area contributed by atoms with Gasteiger partial charge in [0.1, 0.15) is 17.5 Å². The first-order chi connectivity index (χ1) is 9.08. The summed E-state index contributed by atoms with van der Waals surface area (Å²) in [5.41, 5.74) is -0.201. The zero-order valence-electron chi connectivity index (χ0n) is 9.71. The first kappa shape index (κ1) is 13.1. The molecular formula is C14H9F3NO. The molecule has 1 radical (unpaired) electrons. The monoisotopic (exact) mass is 264 g/mol. The summed E-state index contributed by atoms with van der Waals surface area (Å²) in [5.74, 6) is -2.86.